The van der Waals surface area contributed by atoms with Crippen molar-refractivity contribution in [3.63, 3.8) is 0 Å². The van der Waals surface area contributed by atoms with Gasteiger partial charge < -0.3 is 19.4 Å². The van der Waals surface area contributed by atoms with E-state index in [1.54, 1.807) is 44.8 Å². The molecule has 234 valence electrons. The number of hydrogen-bond donors (Lipinski definition) is 2. The van der Waals surface area contributed by atoms with E-state index >= 15 is 0 Å². The van der Waals surface area contributed by atoms with Gasteiger partial charge in [-0.15, -0.1) is 0 Å². The highest BCUT2D eigenvalue weighted by atomic mass is 35.5. The number of aromatic amines is 2. The summed E-state index contributed by atoms with van der Waals surface area (Å²) in [5, 5.41) is 2.44. The van der Waals surface area contributed by atoms with Gasteiger partial charge in [0, 0.05) is 27.6 Å². The van der Waals surface area contributed by atoms with Crippen molar-refractivity contribution in [3.05, 3.63) is 140 Å². The van der Waals surface area contributed by atoms with Gasteiger partial charge in [-0.05, 0) is 84.3 Å². The Balaban J connectivity index is 0.000000181. The Labute approximate surface area is 288 Å². The molecule has 2 N–H and O–H groups in total. The zero-order valence-electron chi connectivity index (χ0n) is 25.0. The van der Waals surface area contributed by atoms with Crippen LogP contribution in [0.1, 0.15) is 22.8 Å². The molecule has 0 radical (unpaired) electrons. The lowest BCUT2D eigenvalue weighted by Crippen LogP contribution is -1.94. The quantitative estimate of drug-likeness (QED) is 0.158. The average Bonchev–Trinajstić information content (AvgIpc) is 3.74. The molecule has 0 unspecified atom stereocenters. The third-order valence-electron chi connectivity index (χ3n) is 7.03. The van der Waals surface area contributed by atoms with Crippen LogP contribution in [0.5, 0.6) is 11.5 Å². The van der Waals surface area contributed by atoms with Gasteiger partial charge in [-0.2, -0.15) is 0 Å². The van der Waals surface area contributed by atoms with Gasteiger partial charge in [0.05, 0.1) is 48.0 Å². The maximum Gasteiger partial charge on any atom is 0.130 e. The van der Waals surface area contributed by atoms with Crippen LogP contribution in [0.4, 0.5) is 0 Å². The molecule has 0 bridgehead atoms. The second kappa shape index (κ2) is 15.9. The molecule has 0 saturated carbocycles. The van der Waals surface area contributed by atoms with E-state index in [1.807, 2.05) is 66.7 Å². The summed E-state index contributed by atoms with van der Waals surface area (Å²) in [6, 6.07) is 26.7. The smallest absolute Gasteiger partial charge is 0.130 e. The van der Waals surface area contributed by atoms with E-state index in [1.165, 1.54) is 5.56 Å². The molecule has 0 amide bonds. The highest BCUT2D eigenvalue weighted by Gasteiger charge is 2.09. The van der Waals surface area contributed by atoms with Gasteiger partial charge in [0.25, 0.3) is 0 Å². The molecule has 0 aliphatic rings. The van der Waals surface area contributed by atoms with Crippen molar-refractivity contribution in [1.82, 2.24) is 19.9 Å². The molecule has 10 heteroatoms. The number of H-pyrrole nitrogens is 2. The van der Waals surface area contributed by atoms with Gasteiger partial charge in [-0.1, -0.05) is 76.7 Å². The van der Waals surface area contributed by atoms with Gasteiger partial charge in [-0.25, -0.2) is 9.97 Å². The number of hydrogen-bond acceptors (Lipinski definition) is 4. The lowest BCUT2D eigenvalue weighted by Gasteiger charge is -2.03. The number of aromatic nitrogens is 4. The van der Waals surface area contributed by atoms with Crippen molar-refractivity contribution in [2.24, 2.45) is 0 Å². The molecule has 0 saturated heterocycles. The molecule has 6 aromatic rings. The Morgan fingerprint density at radius 3 is 1.72 bits per heavy atom. The van der Waals surface area contributed by atoms with E-state index < -0.39 is 0 Å². The van der Waals surface area contributed by atoms with Crippen molar-refractivity contribution in [3.8, 4) is 34.0 Å². The minimum atomic E-state index is 0.590. The van der Waals surface area contributed by atoms with Crippen molar-refractivity contribution < 1.29 is 9.47 Å². The van der Waals surface area contributed by atoms with E-state index in [-0.39, 0.29) is 0 Å². The number of aryl methyl sites for hydroxylation is 2. The SMILES string of the molecule is COc1ccc(/C=C/c2ncc(-c3ccc(Cl)cc3Cl)[nH]2)cc1.COc1ccc(CCc2ncc(-c3ccc(Cl)cc3Cl)[nH]2)cc1. The minimum Gasteiger partial charge on any atom is -0.497 e. The van der Waals surface area contributed by atoms with Crippen LogP contribution in [0.2, 0.25) is 20.1 Å². The first kappa shape index (κ1) is 33.2. The number of methoxy groups -OCH3 is 2. The molecule has 0 aliphatic heterocycles. The van der Waals surface area contributed by atoms with Crippen molar-refractivity contribution >= 4 is 58.6 Å². The molecule has 6 rings (SSSR count). The lowest BCUT2D eigenvalue weighted by molar-refractivity contribution is 0.414. The second-order valence-corrected chi connectivity index (χ2v) is 11.8. The highest BCUT2D eigenvalue weighted by molar-refractivity contribution is 6.37. The largest absolute Gasteiger partial charge is 0.497 e. The van der Waals surface area contributed by atoms with E-state index in [9.17, 15) is 0 Å². The van der Waals surface area contributed by atoms with Gasteiger partial charge in [0.2, 0.25) is 0 Å². The van der Waals surface area contributed by atoms with Gasteiger partial charge in [0.15, 0.2) is 0 Å². The summed E-state index contributed by atoms with van der Waals surface area (Å²) in [5.41, 5.74) is 5.82. The first-order valence-electron chi connectivity index (χ1n) is 14.3. The number of nitrogens with one attached hydrogen (secondary N) is 2. The van der Waals surface area contributed by atoms with E-state index in [0.29, 0.717) is 20.1 Å². The Morgan fingerprint density at radius 2 is 1.15 bits per heavy atom. The lowest BCUT2D eigenvalue weighted by atomic mass is 10.1. The number of halogens is 4. The van der Waals surface area contributed by atoms with Crippen molar-refractivity contribution in [2.75, 3.05) is 14.2 Å². The van der Waals surface area contributed by atoms with E-state index in [0.717, 1.165) is 64.1 Å². The molecular weight excluding hydrogens is 662 g/mol. The summed E-state index contributed by atoms with van der Waals surface area (Å²) in [5.74, 6) is 3.38. The van der Waals surface area contributed by atoms with Crippen LogP contribution in [-0.2, 0) is 12.8 Å². The number of nitrogens with zero attached hydrogens (tertiary/aromatic N) is 2. The zero-order chi connectivity index (χ0) is 32.5. The molecule has 2 aromatic heterocycles. The summed E-state index contributed by atoms with van der Waals surface area (Å²) in [7, 11) is 3.32. The van der Waals surface area contributed by atoms with E-state index in [2.05, 4.69) is 32.1 Å². The maximum atomic E-state index is 6.23. The molecule has 46 heavy (non-hydrogen) atoms. The van der Waals surface area contributed by atoms with Crippen LogP contribution >= 0.6 is 46.4 Å². The number of imidazole rings is 2. The average molecular weight is 692 g/mol. The fourth-order valence-electron chi connectivity index (χ4n) is 4.55. The standard InChI is InChI=1S/C18H16Cl2N2O.C18H14Cl2N2O/c2*1-23-14-6-2-12(3-7-14)4-9-18-21-11-17(22-18)15-8-5-13(19)10-16(15)20/h2-3,5-8,10-11H,4,9H2,1H3,(H,21,22);2-11H,1H3,(H,21,22)/b;9-4+. The molecule has 0 fully saturated rings. The van der Waals surface area contributed by atoms with Gasteiger partial charge in [0.1, 0.15) is 23.1 Å². The normalized spacial score (nSPS) is 10.9. The molecule has 2 heterocycles. The highest BCUT2D eigenvalue weighted by Crippen LogP contribution is 2.30. The van der Waals surface area contributed by atoms with Crippen LogP contribution < -0.4 is 9.47 Å². The van der Waals surface area contributed by atoms with Crippen LogP contribution in [-0.4, -0.2) is 34.2 Å². The Hall–Kier alpha value is -4.20. The minimum absolute atomic E-state index is 0.590. The molecule has 0 atom stereocenters. The van der Waals surface area contributed by atoms with Gasteiger partial charge >= 0.3 is 0 Å². The van der Waals surface area contributed by atoms with Crippen molar-refractivity contribution in [2.45, 2.75) is 12.8 Å². The number of ether oxygens (including phenoxy) is 2. The predicted octanol–water partition coefficient (Wildman–Crippen LogP) is 10.7. The monoisotopic (exact) mass is 690 g/mol. The second-order valence-electron chi connectivity index (χ2n) is 10.1. The summed E-state index contributed by atoms with van der Waals surface area (Å²) >= 11 is 24.3. The fourth-order valence-corrected chi connectivity index (χ4v) is 5.57. The Kier molecular flexibility index (Phi) is 11.4. The number of benzene rings is 4. The third kappa shape index (κ3) is 8.95. The first-order chi connectivity index (χ1) is 22.3. The number of rotatable bonds is 9. The Morgan fingerprint density at radius 1 is 0.609 bits per heavy atom. The molecule has 4 aromatic carbocycles. The molecular formula is C36H30Cl4N4O2. The Bertz CT molecular complexity index is 1920. The van der Waals surface area contributed by atoms with Crippen LogP contribution in [0, 0.1) is 0 Å². The molecule has 0 spiro atoms. The molecule has 6 nitrogen and oxygen atoms in total. The van der Waals surface area contributed by atoms with E-state index in [4.69, 9.17) is 55.9 Å². The van der Waals surface area contributed by atoms with Crippen LogP contribution in [0.3, 0.4) is 0 Å². The maximum absolute atomic E-state index is 6.23. The summed E-state index contributed by atoms with van der Waals surface area (Å²) in [4.78, 5) is 15.3. The topological polar surface area (TPSA) is 75.8 Å². The summed E-state index contributed by atoms with van der Waals surface area (Å²) < 4.78 is 10.3. The fraction of sp³-hybridized carbons (Fsp3) is 0.111. The van der Waals surface area contributed by atoms with Crippen molar-refractivity contribution in [1.29, 1.82) is 0 Å². The summed E-state index contributed by atoms with van der Waals surface area (Å²) in [6.07, 6.45) is 9.19. The zero-order valence-corrected chi connectivity index (χ0v) is 28.1. The first-order valence-corrected chi connectivity index (χ1v) is 15.8. The predicted molar refractivity (Wildman–Crippen MR) is 190 cm³/mol. The summed E-state index contributed by atoms with van der Waals surface area (Å²) in [6.45, 7) is 0. The van der Waals surface area contributed by atoms with Crippen LogP contribution in [0.25, 0.3) is 34.7 Å². The third-order valence-corrected chi connectivity index (χ3v) is 8.12. The van der Waals surface area contributed by atoms with Gasteiger partial charge in [-0.3, -0.25) is 0 Å². The molecule has 0 aliphatic carbocycles. The van der Waals surface area contributed by atoms with Crippen LogP contribution in [0.15, 0.2) is 97.3 Å².